The van der Waals surface area contributed by atoms with Gasteiger partial charge in [0, 0.05) is 13.6 Å². The molecule has 0 aliphatic heterocycles. The van der Waals surface area contributed by atoms with E-state index in [-0.39, 0.29) is 5.91 Å². The Kier molecular flexibility index (Phi) is 11.3. The summed E-state index contributed by atoms with van der Waals surface area (Å²) >= 11 is 0. The summed E-state index contributed by atoms with van der Waals surface area (Å²) in [7, 11) is 1.83. The van der Waals surface area contributed by atoms with Crippen LogP contribution in [0.1, 0.15) is 68.7 Å². The maximum Gasteiger partial charge on any atom is 0.245 e. The molecular formula is C40H47NO. The van der Waals surface area contributed by atoms with Crippen LogP contribution in [0.25, 0.3) is 33.4 Å². The van der Waals surface area contributed by atoms with Gasteiger partial charge in [0.25, 0.3) is 0 Å². The van der Waals surface area contributed by atoms with Crippen LogP contribution in [0.15, 0.2) is 97.6 Å². The molecule has 0 saturated heterocycles. The van der Waals surface area contributed by atoms with Crippen LogP contribution < -0.4 is 0 Å². The second-order valence-corrected chi connectivity index (χ2v) is 11.4. The first-order chi connectivity index (χ1) is 20.5. The monoisotopic (exact) mass is 557 g/mol. The molecule has 0 atom stereocenters. The average molecular weight is 558 g/mol. The SMILES string of the molecule is C=CC(=O)N(C)CCCc1ccc(-c2ccc(-c3ccc(-c4ccc(CCCCC)cc4)cc3CC)cc2CC)cc1. The van der Waals surface area contributed by atoms with Crippen molar-refractivity contribution >= 4 is 5.91 Å². The van der Waals surface area contributed by atoms with Gasteiger partial charge in [-0.3, -0.25) is 4.79 Å². The maximum atomic E-state index is 11.7. The van der Waals surface area contributed by atoms with Crippen LogP contribution in [0.3, 0.4) is 0 Å². The third-order valence-corrected chi connectivity index (χ3v) is 8.41. The van der Waals surface area contributed by atoms with Crippen LogP contribution in [0, 0.1) is 0 Å². The molecule has 2 nitrogen and oxygen atoms in total. The molecule has 218 valence electrons. The van der Waals surface area contributed by atoms with E-state index in [1.54, 1.807) is 4.90 Å². The number of aryl methyl sites for hydroxylation is 4. The van der Waals surface area contributed by atoms with Crippen molar-refractivity contribution in [3.8, 4) is 33.4 Å². The van der Waals surface area contributed by atoms with E-state index < -0.39 is 0 Å². The van der Waals surface area contributed by atoms with Gasteiger partial charge in [0.1, 0.15) is 0 Å². The standard InChI is InChI=1S/C40H47NO/c1-6-10-11-13-30-15-19-34(20-16-30)36-23-25-39(32(7-2)28-36)37-24-26-38(33(8-3)29-37)35-21-17-31(18-22-35)14-12-27-41(5)40(42)9-4/h9,15-26,28-29H,4,6-8,10-14,27H2,1-3,5H3. The van der Waals surface area contributed by atoms with Crippen molar-refractivity contribution in [2.45, 2.75) is 72.1 Å². The topological polar surface area (TPSA) is 20.3 Å². The molecule has 0 bridgehead atoms. The van der Waals surface area contributed by atoms with Crippen molar-refractivity contribution in [3.63, 3.8) is 0 Å². The minimum Gasteiger partial charge on any atom is -0.342 e. The van der Waals surface area contributed by atoms with Gasteiger partial charge >= 0.3 is 0 Å². The highest BCUT2D eigenvalue weighted by molar-refractivity contribution is 5.86. The molecule has 0 saturated carbocycles. The Labute approximate surface area is 254 Å². The molecule has 0 N–H and O–H groups in total. The number of benzene rings is 4. The summed E-state index contributed by atoms with van der Waals surface area (Å²) in [4.78, 5) is 13.4. The average Bonchev–Trinajstić information content (AvgIpc) is 3.04. The number of nitrogens with zero attached hydrogens (tertiary/aromatic N) is 1. The second-order valence-electron chi connectivity index (χ2n) is 11.4. The van der Waals surface area contributed by atoms with E-state index in [1.807, 2.05) is 7.05 Å². The van der Waals surface area contributed by atoms with E-state index in [4.69, 9.17) is 0 Å². The van der Waals surface area contributed by atoms with E-state index in [0.717, 1.165) is 32.2 Å². The van der Waals surface area contributed by atoms with E-state index in [2.05, 4.69) is 112 Å². The van der Waals surface area contributed by atoms with Crippen molar-refractivity contribution in [1.82, 2.24) is 4.90 Å². The molecule has 1 amide bonds. The van der Waals surface area contributed by atoms with E-state index in [1.165, 1.54) is 87.4 Å². The summed E-state index contributed by atoms with van der Waals surface area (Å²) in [5.74, 6) is -0.0225. The first kappa shape index (κ1) is 31.0. The van der Waals surface area contributed by atoms with E-state index in [0.29, 0.717) is 0 Å². The minimum absolute atomic E-state index is 0.0225. The second kappa shape index (κ2) is 15.4. The fraction of sp³-hybridized carbons (Fsp3) is 0.325. The van der Waals surface area contributed by atoms with Crippen LogP contribution >= 0.6 is 0 Å². The highest BCUT2D eigenvalue weighted by Gasteiger charge is 2.11. The van der Waals surface area contributed by atoms with Gasteiger partial charge in [0.2, 0.25) is 5.91 Å². The number of likely N-dealkylation sites (N-methyl/N-ethyl adjacent to an activating group) is 1. The zero-order valence-corrected chi connectivity index (χ0v) is 26.1. The lowest BCUT2D eigenvalue weighted by molar-refractivity contribution is -0.124. The molecule has 0 aliphatic carbocycles. The van der Waals surface area contributed by atoms with E-state index in [9.17, 15) is 4.79 Å². The van der Waals surface area contributed by atoms with Gasteiger partial charge < -0.3 is 4.90 Å². The van der Waals surface area contributed by atoms with Gasteiger partial charge in [-0.15, -0.1) is 0 Å². The Morgan fingerprint density at radius 3 is 1.71 bits per heavy atom. The molecule has 4 aromatic rings. The van der Waals surface area contributed by atoms with Gasteiger partial charge in [-0.2, -0.15) is 0 Å². The van der Waals surface area contributed by atoms with Gasteiger partial charge in [0.15, 0.2) is 0 Å². The Morgan fingerprint density at radius 2 is 1.14 bits per heavy atom. The summed E-state index contributed by atoms with van der Waals surface area (Å²) in [6, 6.07) is 32.0. The predicted molar refractivity (Wildman–Crippen MR) is 181 cm³/mol. The molecule has 0 aliphatic rings. The molecule has 42 heavy (non-hydrogen) atoms. The van der Waals surface area contributed by atoms with Crippen LogP contribution in [0.5, 0.6) is 0 Å². The molecule has 4 aromatic carbocycles. The zero-order chi connectivity index (χ0) is 29.9. The summed E-state index contributed by atoms with van der Waals surface area (Å²) < 4.78 is 0. The van der Waals surface area contributed by atoms with Crippen molar-refractivity contribution < 1.29 is 4.79 Å². The number of rotatable bonds is 14. The molecule has 2 heteroatoms. The van der Waals surface area contributed by atoms with Gasteiger partial charge in [-0.1, -0.05) is 125 Å². The first-order valence-electron chi connectivity index (χ1n) is 15.8. The largest absolute Gasteiger partial charge is 0.342 e. The summed E-state index contributed by atoms with van der Waals surface area (Å²) in [6.07, 6.45) is 10.3. The van der Waals surface area contributed by atoms with Crippen molar-refractivity contribution in [2.24, 2.45) is 0 Å². The van der Waals surface area contributed by atoms with Crippen LogP contribution in [0.4, 0.5) is 0 Å². The van der Waals surface area contributed by atoms with Crippen LogP contribution in [-0.2, 0) is 30.5 Å². The molecule has 0 aromatic heterocycles. The third kappa shape index (κ3) is 7.88. The highest BCUT2D eigenvalue weighted by atomic mass is 16.2. The molecule has 0 fully saturated rings. The number of hydrogen-bond donors (Lipinski definition) is 0. The Bertz CT molecular complexity index is 1460. The Balaban J connectivity index is 1.49. The van der Waals surface area contributed by atoms with Crippen LogP contribution in [0.2, 0.25) is 0 Å². The summed E-state index contributed by atoms with van der Waals surface area (Å²) in [5, 5.41) is 0. The molecule has 0 radical (unpaired) electrons. The fourth-order valence-corrected chi connectivity index (χ4v) is 5.76. The molecule has 4 rings (SSSR count). The Morgan fingerprint density at radius 1 is 0.643 bits per heavy atom. The van der Waals surface area contributed by atoms with Gasteiger partial charge in [-0.25, -0.2) is 0 Å². The zero-order valence-electron chi connectivity index (χ0n) is 26.1. The number of unbranched alkanes of at least 4 members (excludes halogenated alkanes) is 2. The lowest BCUT2D eigenvalue weighted by Crippen LogP contribution is -2.25. The van der Waals surface area contributed by atoms with Crippen molar-refractivity contribution in [2.75, 3.05) is 13.6 Å². The van der Waals surface area contributed by atoms with E-state index >= 15 is 0 Å². The number of amides is 1. The van der Waals surface area contributed by atoms with Gasteiger partial charge in [0.05, 0.1) is 0 Å². The molecule has 0 unspecified atom stereocenters. The maximum absolute atomic E-state index is 11.7. The Hall–Kier alpha value is -3.91. The normalized spacial score (nSPS) is 11.0. The molecule has 0 spiro atoms. The fourth-order valence-electron chi connectivity index (χ4n) is 5.76. The minimum atomic E-state index is -0.0225. The number of hydrogen-bond acceptors (Lipinski definition) is 1. The molecular weight excluding hydrogens is 510 g/mol. The molecule has 0 heterocycles. The van der Waals surface area contributed by atoms with Gasteiger partial charge in [-0.05, 0) is 100 Å². The predicted octanol–water partition coefficient (Wildman–Crippen LogP) is 10.1. The smallest absolute Gasteiger partial charge is 0.245 e. The highest BCUT2D eigenvalue weighted by Crippen LogP contribution is 2.34. The lowest BCUT2D eigenvalue weighted by atomic mass is 9.89. The number of carbonyl (C=O) groups excluding carboxylic acids is 1. The number of carbonyl (C=O) groups is 1. The quantitative estimate of drug-likeness (QED) is 0.112. The van der Waals surface area contributed by atoms with Crippen molar-refractivity contribution in [1.29, 1.82) is 0 Å². The summed E-state index contributed by atoms with van der Waals surface area (Å²) in [6.45, 7) is 11.1. The van der Waals surface area contributed by atoms with Crippen LogP contribution in [-0.4, -0.2) is 24.4 Å². The van der Waals surface area contributed by atoms with Crippen molar-refractivity contribution in [3.05, 3.63) is 120 Å². The summed E-state index contributed by atoms with van der Waals surface area (Å²) in [5.41, 5.74) is 13.3. The third-order valence-electron chi connectivity index (χ3n) is 8.41. The lowest BCUT2D eigenvalue weighted by Gasteiger charge is -2.16. The first-order valence-corrected chi connectivity index (χ1v) is 15.8.